The van der Waals surface area contributed by atoms with Gasteiger partial charge in [0, 0.05) is 12.5 Å². The number of rotatable bonds is 6. The fourth-order valence-corrected chi connectivity index (χ4v) is 4.53. The molecule has 0 unspecified atom stereocenters. The smallest absolute Gasteiger partial charge is 0.225 e. The van der Waals surface area contributed by atoms with E-state index in [4.69, 9.17) is 0 Å². The SMILES string of the molecule is Cc1cc(NC(=O)CCC2CCCCC2)n(-c2ncnc3c2cnn3-c2ccccc2)n1. The first kappa shape index (κ1) is 20.4. The lowest BCUT2D eigenvalue weighted by Gasteiger charge is -2.21. The van der Waals surface area contributed by atoms with Gasteiger partial charge in [0.15, 0.2) is 11.5 Å². The minimum Gasteiger partial charge on any atom is -0.311 e. The topological polar surface area (TPSA) is 90.5 Å². The van der Waals surface area contributed by atoms with E-state index in [-0.39, 0.29) is 5.91 Å². The fraction of sp³-hybridized carbons (Fsp3) is 0.375. The summed E-state index contributed by atoms with van der Waals surface area (Å²) in [4.78, 5) is 21.6. The number of aryl methyl sites for hydroxylation is 1. The summed E-state index contributed by atoms with van der Waals surface area (Å²) in [5.41, 5.74) is 2.40. The third-order valence-electron chi connectivity index (χ3n) is 6.15. The van der Waals surface area contributed by atoms with Crippen molar-refractivity contribution < 1.29 is 4.79 Å². The second kappa shape index (κ2) is 8.90. The minimum absolute atomic E-state index is 0.0157. The first-order chi connectivity index (χ1) is 15.7. The molecule has 0 atom stereocenters. The Hall–Kier alpha value is -3.55. The second-order valence-electron chi connectivity index (χ2n) is 8.50. The number of benzene rings is 1. The summed E-state index contributed by atoms with van der Waals surface area (Å²) in [5, 5.41) is 12.9. The van der Waals surface area contributed by atoms with E-state index in [1.807, 2.05) is 43.3 Å². The number of para-hydroxylation sites is 1. The molecule has 8 heteroatoms. The van der Waals surface area contributed by atoms with E-state index in [1.165, 1.54) is 38.4 Å². The van der Waals surface area contributed by atoms with Gasteiger partial charge < -0.3 is 5.32 Å². The van der Waals surface area contributed by atoms with Crippen LogP contribution in [0.5, 0.6) is 0 Å². The summed E-state index contributed by atoms with van der Waals surface area (Å²) < 4.78 is 3.45. The molecular weight excluding hydrogens is 402 g/mol. The van der Waals surface area contributed by atoms with Gasteiger partial charge in [-0.25, -0.2) is 14.6 Å². The number of nitrogens with zero attached hydrogens (tertiary/aromatic N) is 6. The minimum atomic E-state index is 0.0157. The van der Waals surface area contributed by atoms with Gasteiger partial charge in [0.1, 0.15) is 12.1 Å². The molecule has 1 saturated carbocycles. The standard InChI is InChI=1S/C24H27N7O/c1-17-14-21(28-22(32)13-12-18-8-4-2-5-9-18)31(29-17)24-20-15-27-30(23(20)25-16-26-24)19-10-6-3-7-11-19/h3,6-7,10-11,14-16,18H,2,4-5,8-9,12-13H2,1H3,(H,28,32). The van der Waals surface area contributed by atoms with Gasteiger partial charge in [0.2, 0.25) is 5.91 Å². The number of hydrogen-bond donors (Lipinski definition) is 1. The molecule has 32 heavy (non-hydrogen) atoms. The number of amides is 1. The van der Waals surface area contributed by atoms with Crippen molar-refractivity contribution in [2.24, 2.45) is 5.92 Å². The molecule has 1 N–H and O–H groups in total. The number of aromatic nitrogens is 6. The van der Waals surface area contributed by atoms with Crippen molar-refractivity contribution >= 4 is 22.8 Å². The van der Waals surface area contributed by atoms with Gasteiger partial charge in [-0.3, -0.25) is 4.79 Å². The third-order valence-corrected chi connectivity index (χ3v) is 6.15. The van der Waals surface area contributed by atoms with Crippen LogP contribution in [0.25, 0.3) is 22.5 Å². The molecule has 3 aromatic heterocycles. The van der Waals surface area contributed by atoms with E-state index < -0.39 is 0 Å². The molecule has 3 heterocycles. The maximum absolute atomic E-state index is 12.7. The number of carbonyl (C=O) groups excluding carboxylic acids is 1. The van der Waals surface area contributed by atoms with E-state index in [2.05, 4.69) is 25.5 Å². The molecule has 1 fully saturated rings. The van der Waals surface area contributed by atoms with E-state index in [0.29, 0.717) is 29.6 Å². The largest absolute Gasteiger partial charge is 0.311 e. The predicted octanol–water partition coefficient (Wildman–Crippen LogP) is 4.61. The average Bonchev–Trinajstić information content (AvgIpc) is 3.42. The van der Waals surface area contributed by atoms with E-state index in [0.717, 1.165) is 23.2 Å². The van der Waals surface area contributed by atoms with Crippen LogP contribution in [0.1, 0.15) is 50.6 Å². The predicted molar refractivity (Wildman–Crippen MR) is 123 cm³/mol. The molecule has 0 radical (unpaired) electrons. The summed E-state index contributed by atoms with van der Waals surface area (Å²) in [6.07, 6.45) is 11.1. The maximum atomic E-state index is 12.7. The molecule has 0 aliphatic heterocycles. The second-order valence-corrected chi connectivity index (χ2v) is 8.50. The molecule has 0 spiro atoms. The number of carbonyl (C=O) groups is 1. The van der Waals surface area contributed by atoms with Crippen LogP contribution >= 0.6 is 0 Å². The monoisotopic (exact) mass is 429 g/mol. The van der Waals surface area contributed by atoms with Crippen LogP contribution < -0.4 is 5.32 Å². The van der Waals surface area contributed by atoms with E-state index >= 15 is 0 Å². The zero-order chi connectivity index (χ0) is 21.9. The van der Waals surface area contributed by atoms with Crippen LogP contribution in [-0.4, -0.2) is 35.4 Å². The Bertz CT molecular complexity index is 1220. The Balaban J connectivity index is 1.41. The zero-order valence-electron chi connectivity index (χ0n) is 18.2. The fourth-order valence-electron chi connectivity index (χ4n) is 4.53. The molecule has 0 bridgehead atoms. The first-order valence-electron chi connectivity index (χ1n) is 11.3. The lowest BCUT2D eigenvalue weighted by molar-refractivity contribution is -0.116. The van der Waals surface area contributed by atoms with Crippen molar-refractivity contribution in [2.45, 2.75) is 51.9 Å². The third kappa shape index (κ3) is 4.12. The highest BCUT2D eigenvalue weighted by Crippen LogP contribution is 2.28. The lowest BCUT2D eigenvalue weighted by atomic mass is 9.86. The van der Waals surface area contributed by atoms with Crippen molar-refractivity contribution in [2.75, 3.05) is 5.32 Å². The molecule has 0 saturated heterocycles. The Labute approximate surface area is 186 Å². The number of hydrogen-bond acceptors (Lipinski definition) is 5. The molecule has 1 aromatic carbocycles. The molecule has 5 rings (SSSR count). The van der Waals surface area contributed by atoms with Crippen LogP contribution in [-0.2, 0) is 4.79 Å². The Morgan fingerprint density at radius 2 is 1.91 bits per heavy atom. The van der Waals surface area contributed by atoms with Crippen LogP contribution in [0, 0.1) is 12.8 Å². The Kier molecular flexibility index (Phi) is 5.66. The first-order valence-corrected chi connectivity index (χ1v) is 11.3. The quantitative estimate of drug-likeness (QED) is 0.483. The van der Waals surface area contributed by atoms with Gasteiger partial charge in [-0.15, -0.1) is 0 Å². The molecular formula is C24H27N7O. The highest BCUT2D eigenvalue weighted by Gasteiger charge is 2.19. The Morgan fingerprint density at radius 1 is 1.09 bits per heavy atom. The van der Waals surface area contributed by atoms with E-state index in [1.54, 1.807) is 15.6 Å². The summed E-state index contributed by atoms with van der Waals surface area (Å²) in [6, 6.07) is 11.7. The molecule has 8 nitrogen and oxygen atoms in total. The number of anilines is 1. The van der Waals surface area contributed by atoms with Gasteiger partial charge in [-0.2, -0.15) is 14.9 Å². The van der Waals surface area contributed by atoms with Crippen molar-refractivity contribution in [1.29, 1.82) is 0 Å². The molecule has 1 aliphatic rings. The Morgan fingerprint density at radius 3 is 2.72 bits per heavy atom. The van der Waals surface area contributed by atoms with Crippen molar-refractivity contribution in [3.05, 3.63) is 54.6 Å². The van der Waals surface area contributed by atoms with Crippen molar-refractivity contribution in [3.8, 4) is 11.5 Å². The summed E-state index contributed by atoms with van der Waals surface area (Å²) in [5.74, 6) is 1.89. The van der Waals surface area contributed by atoms with Gasteiger partial charge in [-0.05, 0) is 31.4 Å². The van der Waals surface area contributed by atoms with Gasteiger partial charge in [0.05, 0.1) is 23.0 Å². The van der Waals surface area contributed by atoms with E-state index in [9.17, 15) is 4.79 Å². The highest BCUT2D eigenvalue weighted by molar-refractivity contribution is 5.91. The van der Waals surface area contributed by atoms with Crippen LogP contribution in [0.2, 0.25) is 0 Å². The van der Waals surface area contributed by atoms with Gasteiger partial charge in [0.25, 0.3) is 0 Å². The van der Waals surface area contributed by atoms with Crippen LogP contribution in [0.3, 0.4) is 0 Å². The maximum Gasteiger partial charge on any atom is 0.225 e. The molecule has 1 aliphatic carbocycles. The summed E-state index contributed by atoms with van der Waals surface area (Å²) >= 11 is 0. The average molecular weight is 430 g/mol. The normalized spacial score (nSPS) is 14.7. The van der Waals surface area contributed by atoms with Crippen molar-refractivity contribution in [3.63, 3.8) is 0 Å². The van der Waals surface area contributed by atoms with Gasteiger partial charge >= 0.3 is 0 Å². The zero-order valence-corrected chi connectivity index (χ0v) is 18.2. The molecule has 4 aromatic rings. The number of nitrogens with one attached hydrogen (secondary N) is 1. The summed E-state index contributed by atoms with van der Waals surface area (Å²) in [6.45, 7) is 1.90. The number of fused-ring (bicyclic) bond motifs is 1. The molecule has 1 amide bonds. The van der Waals surface area contributed by atoms with Gasteiger partial charge in [-0.1, -0.05) is 50.3 Å². The highest BCUT2D eigenvalue weighted by atomic mass is 16.1. The van der Waals surface area contributed by atoms with Crippen LogP contribution in [0.4, 0.5) is 5.82 Å². The lowest BCUT2D eigenvalue weighted by Crippen LogP contribution is -2.17. The van der Waals surface area contributed by atoms with Crippen LogP contribution in [0.15, 0.2) is 48.9 Å². The summed E-state index contributed by atoms with van der Waals surface area (Å²) in [7, 11) is 0. The molecule has 164 valence electrons. The van der Waals surface area contributed by atoms with Crippen molar-refractivity contribution in [1.82, 2.24) is 29.5 Å².